The van der Waals surface area contributed by atoms with Crippen molar-refractivity contribution in [3.05, 3.63) is 18.0 Å². The monoisotopic (exact) mass is 237 g/mol. The Kier molecular flexibility index (Phi) is 5.07. The summed E-state index contributed by atoms with van der Waals surface area (Å²) in [6, 6.07) is 1.74. The Morgan fingerprint density at radius 3 is 2.82 bits per heavy atom. The van der Waals surface area contributed by atoms with Gasteiger partial charge in [0.15, 0.2) is 0 Å². The van der Waals surface area contributed by atoms with E-state index in [0.717, 1.165) is 19.4 Å². The Labute approximate surface area is 103 Å². The fraction of sp³-hybridized carbons (Fsp3) is 0.615. The largest absolute Gasteiger partial charge is 0.397 e. The lowest BCUT2D eigenvalue weighted by Crippen LogP contribution is -2.27. The number of nitrogens with zero attached hydrogens (tertiary/aromatic N) is 1. The van der Waals surface area contributed by atoms with E-state index in [1.165, 1.54) is 0 Å². The summed E-state index contributed by atoms with van der Waals surface area (Å²) in [6.45, 7) is 7.91. The number of hydrogen-bond acceptors (Lipinski definition) is 2. The van der Waals surface area contributed by atoms with Gasteiger partial charge in [-0.2, -0.15) is 0 Å². The minimum absolute atomic E-state index is 0.0317. The molecule has 0 saturated carbocycles. The minimum Gasteiger partial charge on any atom is -0.397 e. The van der Waals surface area contributed by atoms with Crippen LogP contribution in [0.5, 0.6) is 0 Å². The highest BCUT2D eigenvalue weighted by Gasteiger charge is 2.11. The quantitative estimate of drug-likeness (QED) is 0.797. The molecule has 96 valence electrons. The van der Waals surface area contributed by atoms with Crippen LogP contribution in [0.15, 0.2) is 12.3 Å². The summed E-state index contributed by atoms with van der Waals surface area (Å²) in [4.78, 5) is 11.9. The van der Waals surface area contributed by atoms with Gasteiger partial charge in [-0.1, -0.05) is 20.8 Å². The van der Waals surface area contributed by atoms with Crippen molar-refractivity contribution >= 4 is 11.6 Å². The van der Waals surface area contributed by atoms with Crippen LogP contribution in [0.2, 0.25) is 0 Å². The normalized spacial score (nSPS) is 10.8. The average molecular weight is 237 g/mol. The zero-order valence-corrected chi connectivity index (χ0v) is 11.0. The molecule has 0 radical (unpaired) electrons. The van der Waals surface area contributed by atoms with Crippen molar-refractivity contribution in [1.82, 2.24) is 9.88 Å². The molecule has 0 aliphatic rings. The molecule has 4 heteroatoms. The summed E-state index contributed by atoms with van der Waals surface area (Å²) in [5, 5.41) is 2.93. The maximum atomic E-state index is 11.9. The third-order valence-corrected chi connectivity index (χ3v) is 2.62. The second-order valence-electron chi connectivity index (χ2n) is 4.79. The molecule has 0 aliphatic heterocycles. The third kappa shape index (κ3) is 4.13. The van der Waals surface area contributed by atoms with Gasteiger partial charge in [-0.15, -0.1) is 0 Å². The molecule has 17 heavy (non-hydrogen) atoms. The number of nitrogen functional groups attached to an aromatic ring is 1. The molecule has 1 aromatic rings. The molecule has 0 aromatic carbocycles. The van der Waals surface area contributed by atoms with E-state index in [9.17, 15) is 4.79 Å². The van der Waals surface area contributed by atoms with Crippen LogP contribution in [0.25, 0.3) is 0 Å². The predicted octanol–water partition coefficient (Wildman–Crippen LogP) is 2.26. The summed E-state index contributed by atoms with van der Waals surface area (Å²) < 4.78 is 1.92. The second-order valence-corrected chi connectivity index (χ2v) is 4.79. The number of nitrogens with two attached hydrogens (primary N) is 1. The molecule has 1 heterocycles. The first-order valence-electron chi connectivity index (χ1n) is 6.28. The molecule has 0 atom stereocenters. The van der Waals surface area contributed by atoms with Gasteiger partial charge in [0, 0.05) is 19.3 Å². The first-order valence-corrected chi connectivity index (χ1v) is 6.28. The van der Waals surface area contributed by atoms with Crippen LogP contribution in [0.3, 0.4) is 0 Å². The van der Waals surface area contributed by atoms with Gasteiger partial charge in [-0.25, -0.2) is 0 Å². The van der Waals surface area contributed by atoms with Gasteiger partial charge in [0.1, 0.15) is 5.69 Å². The molecule has 0 saturated heterocycles. The summed E-state index contributed by atoms with van der Waals surface area (Å²) in [6.07, 6.45) is 3.80. The molecule has 0 spiro atoms. The van der Waals surface area contributed by atoms with E-state index in [0.29, 0.717) is 23.8 Å². The summed E-state index contributed by atoms with van der Waals surface area (Å²) in [7, 11) is 0. The zero-order valence-electron chi connectivity index (χ0n) is 11.0. The average Bonchev–Trinajstić information content (AvgIpc) is 2.59. The maximum absolute atomic E-state index is 11.9. The van der Waals surface area contributed by atoms with E-state index < -0.39 is 0 Å². The van der Waals surface area contributed by atoms with Crippen LogP contribution < -0.4 is 11.1 Å². The van der Waals surface area contributed by atoms with Crippen molar-refractivity contribution < 1.29 is 4.79 Å². The highest BCUT2D eigenvalue weighted by molar-refractivity contribution is 5.93. The van der Waals surface area contributed by atoms with Gasteiger partial charge in [-0.3, -0.25) is 4.79 Å². The summed E-state index contributed by atoms with van der Waals surface area (Å²) in [5.74, 6) is 0.568. The lowest BCUT2D eigenvalue weighted by molar-refractivity contribution is 0.0942. The SMILES string of the molecule is CCCn1cc(N)cc1C(=O)NCCC(C)C. The third-order valence-electron chi connectivity index (χ3n) is 2.62. The van der Waals surface area contributed by atoms with E-state index in [2.05, 4.69) is 26.1 Å². The fourth-order valence-corrected chi connectivity index (χ4v) is 1.71. The Morgan fingerprint density at radius 1 is 1.53 bits per heavy atom. The lowest BCUT2D eigenvalue weighted by Gasteiger charge is -2.09. The molecule has 0 bridgehead atoms. The van der Waals surface area contributed by atoms with Crippen LogP contribution in [0.4, 0.5) is 5.69 Å². The molecule has 1 amide bonds. The van der Waals surface area contributed by atoms with Crippen molar-refractivity contribution in [3.63, 3.8) is 0 Å². The second kappa shape index (κ2) is 6.33. The molecule has 0 fully saturated rings. The van der Waals surface area contributed by atoms with Gasteiger partial charge >= 0.3 is 0 Å². The van der Waals surface area contributed by atoms with Crippen LogP contribution in [-0.2, 0) is 6.54 Å². The number of aryl methyl sites for hydroxylation is 1. The van der Waals surface area contributed by atoms with Crippen molar-refractivity contribution in [3.8, 4) is 0 Å². The number of anilines is 1. The zero-order chi connectivity index (χ0) is 12.8. The standard InChI is InChI=1S/C13H23N3O/c1-4-7-16-9-11(14)8-12(16)13(17)15-6-5-10(2)3/h8-10H,4-7,14H2,1-3H3,(H,15,17). The summed E-state index contributed by atoms with van der Waals surface area (Å²) in [5.41, 5.74) is 7.03. The van der Waals surface area contributed by atoms with Gasteiger partial charge in [-0.05, 0) is 24.8 Å². The minimum atomic E-state index is -0.0317. The van der Waals surface area contributed by atoms with E-state index in [4.69, 9.17) is 5.73 Å². The Hall–Kier alpha value is -1.45. The lowest BCUT2D eigenvalue weighted by atomic mass is 10.1. The predicted molar refractivity (Wildman–Crippen MR) is 70.9 cm³/mol. The Morgan fingerprint density at radius 2 is 2.24 bits per heavy atom. The van der Waals surface area contributed by atoms with E-state index in [1.54, 1.807) is 6.07 Å². The molecule has 3 N–H and O–H groups in total. The molecule has 4 nitrogen and oxygen atoms in total. The number of hydrogen-bond donors (Lipinski definition) is 2. The van der Waals surface area contributed by atoms with Crippen LogP contribution in [0.1, 0.15) is 44.1 Å². The highest BCUT2D eigenvalue weighted by Crippen LogP contribution is 2.11. The van der Waals surface area contributed by atoms with Gasteiger partial charge in [0.05, 0.1) is 5.69 Å². The molecular weight excluding hydrogens is 214 g/mol. The maximum Gasteiger partial charge on any atom is 0.267 e. The van der Waals surface area contributed by atoms with E-state index >= 15 is 0 Å². The molecule has 0 aliphatic carbocycles. The number of aromatic nitrogens is 1. The first kappa shape index (κ1) is 13.6. The van der Waals surface area contributed by atoms with Crippen molar-refractivity contribution in [2.75, 3.05) is 12.3 Å². The molecular formula is C13H23N3O. The molecule has 1 rings (SSSR count). The fourth-order valence-electron chi connectivity index (χ4n) is 1.71. The van der Waals surface area contributed by atoms with Gasteiger partial charge in [0.2, 0.25) is 0 Å². The number of amides is 1. The highest BCUT2D eigenvalue weighted by atomic mass is 16.1. The number of carbonyl (C=O) groups is 1. The summed E-state index contributed by atoms with van der Waals surface area (Å²) >= 11 is 0. The van der Waals surface area contributed by atoms with E-state index in [-0.39, 0.29) is 5.91 Å². The number of carbonyl (C=O) groups excluding carboxylic acids is 1. The van der Waals surface area contributed by atoms with Crippen molar-refractivity contribution in [2.24, 2.45) is 5.92 Å². The Balaban J connectivity index is 2.61. The topological polar surface area (TPSA) is 60.0 Å². The van der Waals surface area contributed by atoms with E-state index in [1.807, 2.05) is 10.8 Å². The first-order chi connectivity index (χ1) is 8.04. The van der Waals surface area contributed by atoms with Gasteiger partial charge in [0.25, 0.3) is 5.91 Å². The molecule has 1 aromatic heterocycles. The number of rotatable bonds is 6. The van der Waals surface area contributed by atoms with Gasteiger partial charge < -0.3 is 15.6 Å². The molecule has 0 unspecified atom stereocenters. The Bertz CT molecular complexity index is 369. The van der Waals surface area contributed by atoms with Crippen molar-refractivity contribution in [1.29, 1.82) is 0 Å². The van der Waals surface area contributed by atoms with Crippen LogP contribution >= 0.6 is 0 Å². The van der Waals surface area contributed by atoms with Crippen molar-refractivity contribution in [2.45, 2.75) is 40.2 Å². The smallest absolute Gasteiger partial charge is 0.267 e. The number of nitrogens with one attached hydrogen (secondary N) is 1. The van der Waals surface area contributed by atoms with Crippen LogP contribution in [-0.4, -0.2) is 17.0 Å². The van der Waals surface area contributed by atoms with Crippen LogP contribution in [0, 0.1) is 5.92 Å².